The summed E-state index contributed by atoms with van der Waals surface area (Å²) in [5.41, 5.74) is 0.990. The van der Waals surface area contributed by atoms with E-state index in [0.717, 1.165) is 25.3 Å². The van der Waals surface area contributed by atoms with Crippen LogP contribution in [0.15, 0.2) is 27.8 Å². The molecule has 1 aliphatic rings. The number of rotatable bonds is 3. The van der Waals surface area contributed by atoms with Gasteiger partial charge in [-0.25, -0.2) is 0 Å². The molecule has 20 heavy (non-hydrogen) atoms. The molecular formula is C14H18N4O2. The van der Waals surface area contributed by atoms with E-state index in [4.69, 9.17) is 0 Å². The fourth-order valence-electron chi connectivity index (χ4n) is 2.59. The SMILES string of the molecule is O=c1[nH]c2ccc(NCC3CCCNC3)cc2[nH]c1=O. The van der Waals surface area contributed by atoms with E-state index in [0.29, 0.717) is 17.0 Å². The number of hydrogen-bond donors (Lipinski definition) is 4. The molecule has 6 nitrogen and oxygen atoms in total. The van der Waals surface area contributed by atoms with Gasteiger partial charge in [-0.15, -0.1) is 0 Å². The van der Waals surface area contributed by atoms with Crippen LogP contribution >= 0.6 is 0 Å². The van der Waals surface area contributed by atoms with Gasteiger partial charge in [-0.2, -0.15) is 0 Å². The van der Waals surface area contributed by atoms with Crippen LogP contribution in [0, 0.1) is 5.92 Å². The predicted molar refractivity (Wildman–Crippen MR) is 79.3 cm³/mol. The first-order chi connectivity index (χ1) is 9.72. The highest BCUT2D eigenvalue weighted by molar-refractivity contribution is 5.78. The second-order valence-electron chi connectivity index (χ2n) is 5.26. The summed E-state index contributed by atoms with van der Waals surface area (Å²) in [5, 5.41) is 6.77. The van der Waals surface area contributed by atoms with Gasteiger partial charge in [0.15, 0.2) is 0 Å². The Balaban J connectivity index is 1.76. The number of anilines is 1. The molecule has 0 amide bonds. The van der Waals surface area contributed by atoms with Gasteiger partial charge in [-0.3, -0.25) is 9.59 Å². The first-order valence-electron chi connectivity index (χ1n) is 6.93. The maximum Gasteiger partial charge on any atom is 0.314 e. The molecule has 1 aromatic carbocycles. The molecule has 1 unspecified atom stereocenters. The molecule has 0 saturated carbocycles. The summed E-state index contributed by atoms with van der Waals surface area (Å²) in [6, 6.07) is 5.56. The van der Waals surface area contributed by atoms with Crippen molar-refractivity contribution in [3.63, 3.8) is 0 Å². The highest BCUT2D eigenvalue weighted by Crippen LogP contribution is 2.16. The smallest absolute Gasteiger partial charge is 0.314 e. The van der Waals surface area contributed by atoms with E-state index < -0.39 is 11.1 Å². The van der Waals surface area contributed by atoms with E-state index in [1.165, 1.54) is 12.8 Å². The average molecular weight is 274 g/mol. The van der Waals surface area contributed by atoms with Gasteiger partial charge in [0.1, 0.15) is 0 Å². The molecule has 1 fully saturated rings. The average Bonchev–Trinajstić information content (AvgIpc) is 2.47. The minimum Gasteiger partial charge on any atom is -0.385 e. The Morgan fingerprint density at radius 2 is 1.95 bits per heavy atom. The minimum absolute atomic E-state index is 0.619. The first kappa shape index (κ1) is 12.9. The van der Waals surface area contributed by atoms with Gasteiger partial charge in [0.2, 0.25) is 0 Å². The van der Waals surface area contributed by atoms with Crippen LogP contribution in [0.5, 0.6) is 0 Å². The van der Waals surface area contributed by atoms with Crippen LogP contribution in [-0.4, -0.2) is 29.6 Å². The lowest BCUT2D eigenvalue weighted by atomic mass is 10.00. The van der Waals surface area contributed by atoms with Gasteiger partial charge in [-0.1, -0.05) is 0 Å². The molecule has 1 aliphatic heterocycles. The van der Waals surface area contributed by atoms with Crippen molar-refractivity contribution in [1.82, 2.24) is 15.3 Å². The molecule has 0 aliphatic carbocycles. The summed E-state index contributed by atoms with van der Waals surface area (Å²) >= 11 is 0. The van der Waals surface area contributed by atoms with Crippen molar-refractivity contribution in [2.75, 3.05) is 25.0 Å². The van der Waals surface area contributed by atoms with Gasteiger partial charge < -0.3 is 20.6 Å². The molecule has 1 aromatic heterocycles. The molecule has 4 N–H and O–H groups in total. The summed E-state index contributed by atoms with van der Waals surface area (Å²) < 4.78 is 0. The second kappa shape index (κ2) is 5.50. The van der Waals surface area contributed by atoms with Gasteiger partial charge in [0, 0.05) is 12.2 Å². The number of piperidine rings is 1. The van der Waals surface area contributed by atoms with Crippen LogP contribution in [0.3, 0.4) is 0 Å². The van der Waals surface area contributed by atoms with Crippen LogP contribution in [0.2, 0.25) is 0 Å². The first-order valence-corrected chi connectivity index (χ1v) is 6.93. The lowest BCUT2D eigenvalue weighted by molar-refractivity contribution is 0.393. The largest absolute Gasteiger partial charge is 0.385 e. The normalized spacial score (nSPS) is 19.1. The van der Waals surface area contributed by atoms with E-state index in [9.17, 15) is 9.59 Å². The number of nitrogens with one attached hydrogen (secondary N) is 4. The highest BCUT2D eigenvalue weighted by Gasteiger charge is 2.12. The zero-order chi connectivity index (χ0) is 13.9. The number of aromatic nitrogens is 2. The highest BCUT2D eigenvalue weighted by atomic mass is 16.2. The van der Waals surface area contributed by atoms with Crippen molar-refractivity contribution in [3.05, 3.63) is 38.9 Å². The lowest BCUT2D eigenvalue weighted by Crippen LogP contribution is -2.33. The van der Waals surface area contributed by atoms with Gasteiger partial charge >= 0.3 is 11.1 Å². The Morgan fingerprint density at radius 3 is 2.70 bits per heavy atom. The minimum atomic E-state index is -0.619. The summed E-state index contributed by atoms with van der Waals surface area (Å²) in [4.78, 5) is 27.7. The molecular weight excluding hydrogens is 256 g/mol. The van der Waals surface area contributed by atoms with Crippen molar-refractivity contribution in [2.24, 2.45) is 5.92 Å². The Hall–Kier alpha value is -2.08. The number of hydrogen-bond acceptors (Lipinski definition) is 4. The van der Waals surface area contributed by atoms with Crippen LogP contribution in [0.4, 0.5) is 5.69 Å². The van der Waals surface area contributed by atoms with Gasteiger partial charge in [0.25, 0.3) is 0 Å². The number of fused-ring (bicyclic) bond motifs is 1. The Kier molecular flexibility index (Phi) is 3.56. The summed E-state index contributed by atoms with van der Waals surface area (Å²) in [6.07, 6.45) is 2.45. The van der Waals surface area contributed by atoms with Crippen LogP contribution in [0.1, 0.15) is 12.8 Å². The monoisotopic (exact) mass is 274 g/mol. The summed E-state index contributed by atoms with van der Waals surface area (Å²) in [7, 11) is 0. The van der Waals surface area contributed by atoms with Gasteiger partial charge in [0.05, 0.1) is 11.0 Å². The van der Waals surface area contributed by atoms with Crippen molar-refractivity contribution in [2.45, 2.75) is 12.8 Å². The van der Waals surface area contributed by atoms with Crippen LogP contribution in [0.25, 0.3) is 11.0 Å². The molecule has 1 saturated heterocycles. The fraction of sp³-hybridized carbons (Fsp3) is 0.429. The van der Waals surface area contributed by atoms with Crippen molar-refractivity contribution in [1.29, 1.82) is 0 Å². The van der Waals surface area contributed by atoms with Crippen molar-refractivity contribution >= 4 is 16.7 Å². The maximum atomic E-state index is 11.3. The third-order valence-electron chi connectivity index (χ3n) is 3.72. The summed E-state index contributed by atoms with van der Waals surface area (Å²) in [6.45, 7) is 3.07. The third-order valence-corrected chi connectivity index (χ3v) is 3.72. The Morgan fingerprint density at radius 1 is 1.15 bits per heavy atom. The summed E-state index contributed by atoms with van der Waals surface area (Å²) in [5.74, 6) is 0.633. The second-order valence-corrected chi connectivity index (χ2v) is 5.26. The van der Waals surface area contributed by atoms with E-state index in [1.54, 1.807) is 6.07 Å². The van der Waals surface area contributed by atoms with Crippen LogP contribution < -0.4 is 21.8 Å². The number of H-pyrrole nitrogens is 2. The van der Waals surface area contributed by atoms with Crippen LogP contribution in [-0.2, 0) is 0 Å². The quantitative estimate of drug-likeness (QED) is 0.618. The molecule has 1 atom stereocenters. The standard InChI is InChI=1S/C14H18N4O2/c19-13-14(20)18-12-6-10(3-4-11(12)17-13)16-8-9-2-1-5-15-7-9/h3-4,6,9,15-16H,1-2,5,7-8H2,(H,17,19)(H,18,20). The molecule has 0 radical (unpaired) electrons. The van der Waals surface area contributed by atoms with Crippen molar-refractivity contribution < 1.29 is 0 Å². The molecule has 2 heterocycles. The molecule has 0 bridgehead atoms. The third kappa shape index (κ3) is 2.75. The molecule has 106 valence electrons. The fourth-order valence-corrected chi connectivity index (χ4v) is 2.59. The Bertz CT molecular complexity index is 713. The topological polar surface area (TPSA) is 89.8 Å². The molecule has 2 aromatic rings. The van der Waals surface area contributed by atoms with Crippen molar-refractivity contribution in [3.8, 4) is 0 Å². The van der Waals surface area contributed by atoms with Gasteiger partial charge in [-0.05, 0) is 50.0 Å². The number of benzene rings is 1. The molecule has 0 spiro atoms. The predicted octanol–water partition coefficient (Wildman–Crippen LogP) is 0.628. The molecule has 3 rings (SSSR count). The van der Waals surface area contributed by atoms with E-state index in [2.05, 4.69) is 20.6 Å². The molecule has 6 heteroatoms. The van der Waals surface area contributed by atoms with E-state index in [1.807, 2.05) is 12.1 Å². The number of aromatic amines is 2. The zero-order valence-corrected chi connectivity index (χ0v) is 11.2. The van der Waals surface area contributed by atoms with E-state index >= 15 is 0 Å². The zero-order valence-electron chi connectivity index (χ0n) is 11.2. The Labute approximate surface area is 115 Å². The lowest BCUT2D eigenvalue weighted by Gasteiger charge is -2.23. The van der Waals surface area contributed by atoms with E-state index in [-0.39, 0.29) is 0 Å². The maximum absolute atomic E-state index is 11.3.